The molecule has 0 atom stereocenters. The van der Waals surface area contributed by atoms with Crippen LogP contribution < -0.4 is 4.90 Å². The first-order valence-corrected chi connectivity index (χ1v) is 6.33. The normalized spacial score (nSPS) is 15.0. The lowest BCUT2D eigenvalue weighted by molar-refractivity contribution is -0.137. The largest absolute Gasteiger partial charge is 0.416 e. The average molecular weight is 292 g/mol. The lowest BCUT2D eigenvalue weighted by Crippen LogP contribution is -2.35. The van der Waals surface area contributed by atoms with Gasteiger partial charge < -0.3 is 4.90 Å². The van der Waals surface area contributed by atoms with Crippen LogP contribution >= 0.6 is 0 Å². The fourth-order valence-corrected chi connectivity index (χ4v) is 2.38. The number of Topliss-reactive ketones (excluding diaryl/α,β-unsaturated/α-hetero) is 1. The van der Waals surface area contributed by atoms with Gasteiger partial charge in [-0.05, 0) is 35.9 Å². The number of aromatic nitrogens is 1. The predicted octanol–water partition coefficient (Wildman–Crippen LogP) is 3.30. The van der Waals surface area contributed by atoms with E-state index in [1.807, 2.05) is 0 Å². The van der Waals surface area contributed by atoms with Gasteiger partial charge in [-0.1, -0.05) is 0 Å². The van der Waals surface area contributed by atoms with Crippen molar-refractivity contribution in [2.75, 3.05) is 11.4 Å². The van der Waals surface area contributed by atoms with Crippen molar-refractivity contribution in [1.29, 1.82) is 0 Å². The van der Waals surface area contributed by atoms with Crippen LogP contribution in [0, 0.1) is 0 Å². The van der Waals surface area contributed by atoms with Crippen LogP contribution in [-0.4, -0.2) is 17.3 Å². The number of nitrogens with zero attached hydrogens (tertiary/aromatic N) is 2. The molecule has 2 heterocycles. The Balaban J connectivity index is 1.88. The van der Waals surface area contributed by atoms with E-state index >= 15 is 0 Å². The number of benzene rings is 1. The Hall–Kier alpha value is -2.37. The molecule has 3 rings (SSSR count). The summed E-state index contributed by atoms with van der Waals surface area (Å²) in [4.78, 5) is 17.7. The molecule has 0 amide bonds. The van der Waals surface area contributed by atoms with Gasteiger partial charge in [0.05, 0.1) is 12.1 Å². The summed E-state index contributed by atoms with van der Waals surface area (Å²) >= 11 is 0. The maximum absolute atomic E-state index is 12.5. The lowest BCUT2D eigenvalue weighted by atomic mass is 10.0. The molecule has 6 heteroatoms. The monoisotopic (exact) mass is 292 g/mol. The zero-order chi connectivity index (χ0) is 15.0. The molecular weight excluding hydrogens is 281 g/mol. The van der Waals surface area contributed by atoms with E-state index in [4.69, 9.17) is 0 Å². The van der Waals surface area contributed by atoms with Gasteiger partial charge in [-0.2, -0.15) is 13.2 Å². The van der Waals surface area contributed by atoms with Crippen LogP contribution in [0.15, 0.2) is 42.7 Å². The number of carbonyl (C=O) groups is 1. The van der Waals surface area contributed by atoms with E-state index in [9.17, 15) is 18.0 Å². The first kappa shape index (κ1) is 13.6. The highest BCUT2D eigenvalue weighted by molar-refractivity contribution is 6.01. The van der Waals surface area contributed by atoms with Crippen molar-refractivity contribution in [3.63, 3.8) is 0 Å². The number of hydrogen-bond acceptors (Lipinski definition) is 3. The molecule has 0 radical (unpaired) electrons. The van der Waals surface area contributed by atoms with Crippen LogP contribution in [0.3, 0.4) is 0 Å². The zero-order valence-corrected chi connectivity index (χ0v) is 10.9. The van der Waals surface area contributed by atoms with Crippen LogP contribution in [-0.2, 0) is 12.7 Å². The molecule has 0 saturated carbocycles. The van der Waals surface area contributed by atoms with Gasteiger partial charge in [0.2, 0.25) is 0 Å². The molecule has 0 fully saturated rings. The van der Waals surface area contributed by atoms with Crippen molar-refractivity contribution in [2.45, 2.75) is 12.7 Å². The fourth-order valence-electron chi connectivity index (χ4n) is 2.38. The van der Waals surface area contributed by atoms with Crippen molar-refractivity contribution in [3.05, 3.63) is 59.4 Å². The average Bonchev–Trinajstić information content (AvgIpc) is 2.46. The lowest BCUT2D eigenvalue weighted by Gasteiger charge is -2.29. The Kier molecular flexibility index (Phi) is 3.16. The number of alkyl halides is 3. The molecule has 1 aliphatic heterocycles. The molecular formula is C15H11F3N2O. The predicted molar refractivity (Wildman–Crippen MR) is 71.1 cm³/mol. The Morgan fingerprint density at radius 2 is 1.76 bits per heavy atom. The summed E-state index contributed by atoms with van der Waals surface area (Å²) in [7, 11) is 0. The third kappa shape index (κ3) is 2.61. The first-order valence-electron chi connectivity index (χ1n) is 6.33. The number of rotatable bonds is 1. The van der Waals surface area contributed by atoms with Crippen LogP contribution in [0.4, 0.5) is 18.9 Å². The molecule has 21 heavy (non-hydrogen) atoms. The Labute approximate surface area is 119 Å². The molecule has 1 aromatic heterocycles. The molecule has 1 aromatic carbocycles. The highest BCUT2D eigenvalue weighted by Gasteiger charge is 2.30. The second-order valence-corrected chi connectivity index (χ2v) is 4.86. The van der Waals surface area contributed by atoms with Crippen molar-refractivity contribution >= 4 is 11.5 Å². The smallest absolute Gasteiger partial charge is 0.359 e. The van der Waals surface area contributed by atoms with E-state index in [-0.39, 0.29) is 12.3 Å². The summed E-state index contributed by atoms with van der Waals surface area (Å²) in [6, 6.07) is 6.60. The van der Waals surface area contributed by atoms with E-state index in [0.717, 1.165) is 17.7 Å². The van der Waals surface area contributed by atoms with E-state index in [1.165, 1.54) is 18.3 Å². The molecule has 2 aromatic rings. The van der Waals surface area contributed by atoms with Crippen LogP contribution in [0.25, 0.3) is 0 Å². The zero-order valence-electron chi connectivity index (χ0n) is 10.9. The number of carbonyl (C=O) groups excluding carboxylic acids is 1. The van der Waals surface area contributed by atoms with Gasteiger partial charge in [0, 0.05) is 30.2 Å². The van der Waals surface area contributed by atoms with Gasteiger partial charge >= 0.3 is 6.18 Å². The summed E-state index contributed by atoms with van der Waals surface area (Å²) in [6.45, 7) is 0.624. The van der Waals surface area contributed by atoms with Crippen molar-refractivity contribution in [2.24, 2.45) is 0 Å². The van der Waals surface area contributed by atoms with E-state index in [1.54, 1.807) is 17.2 Å². The molecule has 0 spiro atoms. The molecule has 0 saturated heterocycles. The molecule has 0 aliphatic carbocycles. The first-order chi connectivity index (χ1) is 9.95. The van der Waals surface area contributed by atoms with Gasteiger partial charge in [-0.25, -0.2) is 0 Å². The molecule has 0 unspecified atom stereocenters. The molecule has 1 aliphatic rings. The highest BCUT2D eigenvalue weighted by Crippen LogP contribution is 2.31. The van der Waals surface area contributed by atoms with Crippen molar-refractivity contribution in [1.82, 2.24) is 4.98 Å². The summed E-state index contributed by atoms with van der Waals surface area (Å²) in [5, 5.41) is 0. The van der Waals surface area contributed by atoms with Crippen molar-refractivity contribution < 1.29 is 18.0 Å². The van der Waals surface area contributed by atoms with Crippen LogP contribution in [0.2, 0.25) is 0 Å². The molecule has 3 nitrogen and oxygen atoms in total. The molecule has 108 valence electrons. The second kappa shape index (κ2) is 4.87. The summed E-state index contributed by atoms with van der Waals surface area (Å²) in [5.74, 6) is -0.0794. The number of ketones is 1. The number of fused-ring (bicyclic) bond motifs is 1. The summed E-state index contributed by atoms with van der Waals surface area (Å²) < 4.78 is 37.6. The third-order valence-electron chi connectivity index (χ3n) is 3.47. The summed E-state index contributed by atoms with van der Waals surface area (Å²) in [5.41, 5.74) is 1.32. The number of anilines is 1. The molecule has 0 bridgehead atoms. The maximum atomic E-state index is 12.5. The van der Waals surface area contributed by atoms with Gasteiger partial charge in [0.15, 0.2) is 5.78 Å². The van der Waals surface area contributed by atoms with Gasteiger partial charge in [0.25, 0.3) is 0 Å². The minimum Gasteiger partial charge on any atom is -0.359 e. The third-order valence-corrected chi connectivity index (χ3v) is 3.47. The minimum atomic E-state index is -4.35. The summed E-state index contributed by atoms with van der Waals surface area (Å²) in [6.07, 6.45) is -1.22. The van der Waals surface area contributed by atoms with E-state index in [2.05, 4.69) is 4.98 Å². The van der Waals surface area contributed by atoms with Crippen LogP contribution in [0.1, 0.15) is 21.5 Å². The maximum Gasteiger partial charge on any atom is 0.416 e. The van der Waals surface area contributed by atoms with Crippen LogP contribution in [0.5, 0.6) is 0 Å². The van der Waals surface area contributed by atoms with E-state index in [0.29, 0.717) is 17.8 Å². The van der Waals surface area contributed by atoms with Crippen molar-refractivity contribution in [3.8, 4) is 0 Å². The fraction of sp³-hybridized carbons (Fsp3) is 0.200. The highest BCUT2D eigenvalue weighted by atomic mass is 19.4. The standard InChI is InChI=1S/C15H11F3N2O/c16-15(17,18)11-1-3-12(4-2-11)20-8-10-5-6-19-7-13(10)14(21)9-20/h1-7H,8-9H2. The quantitative estimate of drug-likeness (QED) is 0.808. The Morgan fingerprint density at radius 1 is 1.05 bits per heavy atom. The van der Waals surface area contributed by atoms with Gasteiger partial charge in [-0.15, -0.1) is 0 Å². The van der Waals surface area contributed by atoms with E-state index < -0.39 is 11.7 Å². The number of hydrogen-bond donors (Lipinski definition) is 0. The molecule has 0 N–H and O–H groups in total. The number of halogens is 3. The minimum absolute atomic E-state index is 0.0794. The second-order valence-electron chi connectivity index (χ2n) is 4.86. The SMILES string of the molecule is O=C1CN(c2ccc(C(F)(F)F)cc2)Cc2ccncc21. The Morgan fingerprint density at radius 3 is 2.43 bits per heavy atom. The topological polar surface area (TPSA) is 33.2 Å². The van der Waals surface area contributed by atoms with Gasteiger partial charge in [-0.3, -0.25) is 9.78 Å². The Bertz CT molecular complexity index is 680. The van der Waals surface area contributed by atoms with Gasteiger partial charge in [0.1, 0.15) is 0 Å². The number of pyridine rings is 1.